The first-order valence-corrected chi connectivity index (χ1v) is 8.72. The van der Waals surface area contributed by atoms with Gasteiger partial charge in [0.15, 0.2) is 11.2 Å². The molecule has 0 aliphatic heterocycles. The van der Waals surface area contributed by atoms with Crippen LogP contribution in [0.15, 0.2) is 38.6 Å². The summed E-state index contributed by atoms with van der Waals surface area (Å²) >= 11 is 8.40. The van der Waals surface area contributed by atoms with E-state index < -0.39 is 5.91 Å². The molecular formula is C14H10ClN3O3S2. The number of carbonyl (C=O) groups excluding carboxylic acids is 1. The van der Waals surface area contributed by atoms with Crippen LogP contribution in [0.2, 0.25) is 5.02 Å². The molecule has 3 aromatic rings. The summed E-state index contributed by atoms with van der Waals surface area (Å²) in [5, 5.41) is 4.28. The molecular weight excluding hydrogens is 358 g/mol. The molecule has 0 aliphatic carbocycles. The average molecular weight is 368 g/mol. The maximum atomic E-state index is 12.2. The van der Waals surface area contributed by atoms with Gasteiger partial charge in [0, 0.05) is 22.6 Å². The van der Waals surface area contributed by atoms with E-state index in [9.17, 15) is 9.59 Å². The number of halogens is 1. The van der Waals surface area contributed by atoms with Crippen molar-refractivity contribution < 1.29 is 9.21 Å². The lowest BCUT2D eigenvalue weighted by Gasteiger charge is -2.02. The van der Waals surface area contributed by atoms with Crippen LogP contribution >= 0.6 is 34.9 Å². The van der Waals surface area contributed by atoms with Crippen LogP contribution in [0.3, 0.4) is 0 Å². The number of hydrogen-bond acceptors (Lipinski definition) is 7. The number of benzene rings is 1. The quantitative estimate of drug-likeness (QED) is 0.708. The first-order chi connectivity index (χ1) is 11.1. The van der Waals surface area contributed by atoms with Crippen LogP contribution in [0.5, 0.6) is 0 Å². The number of carbonyl (C=O) groups is 1. The first-order valence-electron chi connectivity index (χ1n) is 6.58. The summed E-state index contributed by atoms with van der Waals surface area (Å²) in [6.07, 6.45) is 0. The van der Waals surface area contributed by atoms with E-state index in [2.05, 4.69) is 14.7 Å². The van der Waals surface area contributed by atoms with E-state index in [0.717, 1.165) is 23.4 Å². The maximum absolute atomic E-state index is 12.2. The van der Waals surface area contributed by atoms with Crippen molar-refractivity contribution in [2.75, 3.05) is 11.1 Å². The monoisotopic (exact) mass is 367 g/mol. The molecule has 0 unspecified atom stereocenters. The zero-order chi connectivity index (χ0) is 16.4. The van der Waals surface area contributed by atoms with Crippen molar-refractivity contribution in [1.29, 1.82) is 0 Å². The molecule has 23 heavy (non-hydrogen) atoms. The fraction of sp³-hybridized carbons (Fsp3) is 0.143. The number of aromatic nitrogens is 2. The van der Waals surface area contributed by atoms with Crippen LogP contribution in [0.1, 0.15) is 17.5 Å². The summed E-state index contributed by atoms with van der Waals surface area (Å²) in [5.74, 6) is 0.194. The highest BCUT2D eigenvalue weighted by Gasteiger charge is 2.15. The molecule has 3 rings (SSSR count). The Labute approximate surface area is 144 Å². The number of rotatable bonds is 4. The van der Waals surface area contributed by atoms with Gasteiger partial charge in [-0.1, -0.05) is 30.3 Å². The number of amides is 1. The van der Waals surface area contributed by atoms with Crippen molar-refractivity contribution >= 4 is 56.9 Å². The molecule has 0 aliphatic rings. The van der Waals surface area contributed by atoms with Crippen LogP contribution < -0.4 is 10.7 Å². The third-order valence-electron chi connectivity index (χ3n) is 2.81. The lowest BCUT2D eigenvalue weighted by atomic mass is 10.2. The third kappa shape index (κ3) is 3.54. The van der Waals surface area contributed by atoms with Crippen molar-refractivity contribution in [3.63, 3.8) is 0 Å². The number of thioether (sulfide) groups is 1. The molecule has 9 heteroatoms. The molecule has 0 bridgehead atoms. The molecule has 0 radical (unpaired) electrons. The van der Waals surface area contributed by atoms with Gasteiger partial charge >= 0.3 is 0 Å². The molecule has 2 heterocycles. The van der Waals surface area contributed by atoms with Crippen LogP contribution in [0.25, 0.3) is 11.0 Å². The van der Waals surface area contributed by atoms with Crippen molar-refractivity contribution in [2.24, 2.45) is 0 Å². The van der Waals surface area contributed by atoms with Gasteiger partial charge in [0.1, 0.15) is 5.58 Å². The van der Waals surface area contributed by atoms with Gasteiger partial charge in [-0.2, -0.15) is 9.36 Å². The predicted octanol–water partition coefficient (Wildman–Crippen LogP) is 3.66. The largest absolute Gasteiger partial charge is 0.451 e. The average Bonchev–Trinajstić information content (AvgIpc) is 2.95. The zero-order valence-corrected chi connectivity index (χ0v) is 14.2. The summed E-state index contributed by atoms with van der Waals surface area (Å²) in [5.41, 5.74) is -0.0371. The lowest BCUT2D eigenvalue weighted by molar-refractivity contribution is 0.0997. The number of nitrogens with zero attached hydrogens (tertiary/aromatic N) is 2. The zero-order valence-electron chi connectivity index (χ0n) is 11.8. The lowest BCUT2D eigenvalue weighted by Crippen LogP contribution is -2.14. The fourth-order valence-electron chi connectivity index (χ4n) is 1.85. The molecule has 6 nitrogen and oxygen atoms in total. The van der Waals surface area contributed by atoms with Crippen LogP contribution in [0.4, 0.5) is 5.13 Å². The topological polar surface area (TPSA) is 85.1 Å². The summed E-state index contributed by atoms with van der Waals surface area (Å²) in [7, 11) is 0. The summed E-state index contributed by atoms with van der Waals surface area (Å²) < 4.78 is 9.57. The molecule has 2 aromatic heterocycles. The van der Waals surface area contributed by atoms with Gasteiger partial charge in [0.25, 0.3) is 5.91 Å². The van der Waals surface area contributed by atoms with Crippen molar-refractivity contribution in [1.82, 2.24) is 9.36 Å². The van der Waals surface area contributed by atoms with Gasteiger partial charge in [0.05, 0.1) is 5.39 Å². The van der Waals surface area contributed by atoms with E-state index in [1.807, 2.05) is 6.92 Å². The van der Waals surface area contributed by atoms with E-state index >= 15 is 0 Å². The Balaban J connectivity index is 1.88. The van der Waals surface area contributed by atoms with Gasteiger partial charge in [-0.25, -0.2) is 0 Å². The predicted molar refractivity (Wildman–Crippen MR) is 91.8 cm³/mol. The van der Waals surface area contributed by atoms with Gasteiger partial charge in [-0.05, 0) is 24.0 Å². The van der Waals surface area contributed by atoms with Gasteiger partial charge in [-0.15, -0.1) is 0 Å². The Bertz CT molecular complexity index is 938. The Morgan fingerprint density at radius 2 is 2.26 bits per heavy atom. The van der Waals surface area contributed by atoms with E-state index in [1.54, 1.807) is 12.1 Å². The van der Waals surface area contributed by atoms with E-state index in [1.165, 1.54) is 17.8 Å². The number of hydrogen-bond donors (Lipinski definition) is 1. The smallest absolute Gasteiger partial charge is 0.293 e. The second-order valence-electron chi connectivity index (χ2n) is 4.38. The SMILES string of the molecule is CCSc1nsc(NC(=O)c2cc(=O)c3cc(Cl)ccc3o2)n1. The molecule has 0 saturated heterocycles. The van der Waals surface area contributed by atoms with E-state index in [4.69, 9.17) is 16.0 Å². The minimum absolute atomic E-state index is 0.0929. The van der Waals surface area contributed by atoms with E-state index in [-0.39, 0.29) is 11.2 Å². The molecule has 1 amide bonds. The summed E-state index contributed by atoms with van der Waals surface area (Å²) in [4.78, 5) is 28.4. The summed E-state index contributed by atoms with van der Waals surface area (Å²) in [6.45, 7) is 1.99. The Hall–Kier alpha value is -1.90. The highest BCUT2D eigenvalue weighted by molar-refractivity contribution is 7.99. The minimum Gasteiger partial charge on any atom is -0.451 e. The Morgan fingerprint density at radius 1 is 1.43 bits per heavy atom. The molecule has 0 spiro atoms. The van der Waals surface area contributed by atoms with Crippen LogP contribution in [0, 0.1) is 0 Å². The Morgan fingerprint density at radius 3 is 3.04 bits per heavy atom. The summed E-state index contributed by atoms with van der Waals surface area (Å²) in [6, 6.07) is 5.78. The van der Waals surface area contributed by atoms with Gasteiger partial charge < -0.3 is 4.42 Å². The number of anilines is 1. The molecule has 1 aromatic carbocycles. The molecule has 0 atom stereocenters. The van der Waals surface area contributed by atoms with Gasteiger partial charge in [0.2, 0.25) is 10.3 Å². The minimum atomic E-state index is -0.553. The fourth-order valence-corrected chi connectivity index (χ4v) is 3.29. The van der Waals surface area contributed by atoms with Crippen LogP contribution in [-0.2, 0) is 0 Å². The highest BCUT2D eigenvalue weighted by atomic mass is 35.5. The molecule has 118 valence electrons. The highest BCUT2D eigenvalue weighted by Crippen LogP contribution is 2.21. The standard InChI is InChI=1S/C14H10ClN3O3S2/c1-2-22-14-17-13(23-18-14)16-12(20)11-6-9(19)8-5-7(15)3-4-10(8)21-11/h3-6H,2H2,1H3,(H,16,17,18,20). The normalized spacial score (nSPS) is 10.9. The number of fused-ring (bicyclic) bond motifs is 1. The number of nitrogens with one attached hydrogen (secondary N) is 1. The van der Waals surface area contributed by atoms with Crippen LogP contribution in [-0.4, -0.2) is 21.0 Å². The van der Waals surface area contributed by atoms with Gasteiger partial charge in [-0.3, -0.25) is 14.9 Å². The second kappa shape index (κ2) is 6.69. The third-order valence-corrected chi connectivity index (χ3v) is 4.52. The maximum Gasteiger partial charge on any atom is 0.293 e. The molecule has 1 N–H and O–H groups in total. The molecule has 0 fully saturated rings. The second-order valence-corrected chi connectivity index (χ2v) is 6.80. The van der Waals surface area contributed by atoms with Crippen molar-refractivity contribution in [3.8, 4) is 0 Å². The van der Waals surface area contributed by atoms with Crippen molar-refractivity contribution in [2.45, 2.75) is 12.1 Å². The molecule has 0 saturated carbocycles. The Kier molecular flexibility index (Phi) is 4.65. The van der Waals surface area contributed by atoms with E-state index in [0.29, 0.717) is 26.3 Å². The first kappa shape index (κ1) is 16.0. The van der Waals surface area contributed by atoms with Crippen molar-refractivity contribution in [3.05, 3.63) is 45.3 Å².